The topological polar surface area (TPSA) is 33.3 Å². The Hall–Kier alpha value is -0.120. The molecule has 0 aromatic heterocycles. The highest BCUT2D eigenvalue weighted by atomic mass is 16.7. The van der Waals surface area contributed by atoms with Crippen LogP contribution in [-0.4, -0.2) is 12.9 Å². The van der Waals surface area contributed by atoms with Crippen molar-refractivity contribution in [1.29, 1.82) is 0 Å². The van der Waals surface area contributed by atoms with Crippen molar-refractivity contribution < 1.29 is 4.84 Å². The number of nitrogens with one attached hydrogen (secondary N) is 2. The first-order valence-electron chi connectivity index (χ1n) is 5.09. The van der Waals surface area contributed by atoms with Crippen molar-refractivity contribution in [1.82, 2.24) is 10.8 Å². The minimum atomic E-state index is 0.281. The summed E-state index contributed by atoms with van der Waals surface area (Å²) in [5.41, 5.74) is 2.88. The molecule has 2 N–H and O–H groups in total. The maximum absolute atomic E-state index is 5.39. The van der Waals surface area contributed by atoms with E-state index in [1.165, 1.54) is 38.5 Å². The number of hydroxylamine groups is 1. The summed E-state index contributed by atoms with van der Waals surface area (Å²) in [5, 5.41) is 3.32. The molecule has 12 heavy (non-hydrogen) atoms. The van der Waals surface area contributed by atoms with Gasteiger partial charge in [-0.2, -0.15) is 5.48 Å². The summed E-state index contributed by atoms with van der Waals surface area (Å²) in [5.74, 6) is 0.738. The lowest BCUT2D eigenvalue weighted by atomic mass is 9.99. The van der Waals surface area contributed by atoms with Crippen molar-refractivity contribution in [3.05, 3.63) is 0 Å². The van der Waals surface area contributed by atoms with Gasteiger partial charge in [-0.15, -0.1) is 0 Å². The van der Waals surface area contributed by atoms with Crippen LogP contribution in [0, 0.1) is 5.92 Å². The van der Waals surface area contributed by atoms with Crippen molar-refractivity contribution in [2.75, 3.05) is 6.67 Å². The fourth-order valence-electron chi connectivity index (χ4n) is 2.19. The number of hydrogen-bond donors (Lipinski definition) is 2. The van der Waals surface area contributed by atoms with Crippen LogP contribution in [0.2, 0.25) is 0 Å². The molecule has 3 nitrogen and oxygen atoms in total. The van der Waals surface area contributed by atoms with Gasteiger partial charge in [-0.1, -0.05) is 25.7 Å². The van der Waals surface area contributed by atoms with Gasteiger partial charge in [0.15, 0.2) is 0 Å². The molecule has 1 saturated heterocycles. The van der Waals surface area contributed by atoms with E-state index in [-0.39, 0.29) is 6.23 Å². The summed E-state index contributed by atoms with van der Waals surface area (Å²) >= 11 is 0. The summed E-state index contributed by atoms with van der Waals surface area (Å²) in [6, 6.07) is 0. The van der Waals surface area contributed by atoms with Crippen LogP contribution in [0.1, 0.15) is 38.5 Å². The van der Waals surface area contributed by atoms with Crippen LogP contribution in [0.4, 0.5) is 0 Å². The normalized spacial score (nSPS) is 33.5. The highest BCUT2D eigenvalue weighted by Gasteiger charge is 2.25. The molecule has 0 aromatic carbocycles. The van der Waals surface area contributed by atoms with E-state index in [2.05, 4.69) is 10.8 Å². The Morgan fingerprint density at radius 2 is 1.75 bits per heavy atom. The molecule has 2 fully saturated rings. The predicted molar refractivity (Wildman–Crippen MR) is 47.2 cm³/mol. The van der Waals surface area contributed by atoms with Gasteiger partial charge in [0.2, 0.25) is 0 Å². The molecule has 1 heterocycles. The highest BCUT2D eigenvalue weighted by Crippen LogP contribution is 2.26. The molecule has 0 radical (unpaired) electrons. The van der Waals surface area contributed by atoms with Crippen LogP contribution in [-0.2, 0) is 4.84 Å². The zero-order valence-electron chi connectivity index (χ0n) is 7.51. The number of hydrogen-bond acceptors (Lipinski definition) is 3. The molecule has 70 valence electrons. The first-order chi connectivity index (χ1) is 5.97. The largest absolute Gasteiger partial charge is 0.281 e. The molecule has 0 bridgehead atoms. The van der Waals surface area contributed by atoms with E-state index in [9.17, 15) is 0 Å². The molecular formula is C9H18N2O. The fourth-order valence-corrected chi connectivity index (χ4v) is 2.19. The van der Waals surface area contributed by atoms with Crippen LogP contribution >= 0.6 is 0 Å². The molecule has 2 rings (SSSR count). The lowest BCUT2D eigenvalue weighted by Gasteiger charge is -2.19. The van der Waals surface area contributed by atoms with Crippen molar-refractivity contribution >= 4 is 0 Å². The molecule has 0 aromatic rings. The van der Waals surface area contributed by atoms with Gasteiger partial charge in [-0.05, 0) is 12.8 Å². The molecule has 0 spiro atoms. The van der Waals surface area contributed by atoms with Gasteiger partial charge < -0.3 is 0 Å². The molecule has 1 aliphatic heterocycles. The van der Waals surface area contributed by atoms with Gasteiger partial charge in [0.1, 0.15) is 6.23 Å². The number of rotatable bonds is 1. The summed E-state index contributed by atoms with van der Waals surface area (Å²) in [7, 11) is 0. The van der Waals surface area contributed by atoms with Crippen LogP contribution in [0.3, 0.4) is 0 Å². The average molecular weight is 170 g/mol. The van der Waals surface area contributed by atoms with E-state index < -0.39 is 0 Å². The summed E-state index contributed by atoms with van der Waals surface area (Å²) in [6.45, 7) is 0.807. The Bertz CT molecular complexity index is 126. The van der Waals surface area contributed by atoms with Gasteiger partial charge in [-0.25, -0.2) is 0 Å². The van der Waals surface area contributed by atoms with Crippen LogP contribution in [0.15, 0.2) is 0 Å². The maximum Gasteiger partial charge on any atom is 0.133 e. The molecule has 1 aliphatic carbocycles. The van der Waals surface area contributed by atoms with E-state index in [1.54, 1.807) is 0 Å². The highest BCUT2D eigenvalue weighted by molar-refractivity contribution is 4.73. The molecule has 1 unspecified atom stereocenters. The monoisotopic (exact) mass is 170 g/mol. The Kier molecular flexibility index (Phi) is 2.98. The SMILES string of the molecule is C1CCCC(C2NCNO2)CC1. The smallest absolute Gasteiger partial charge is 0.133 e. The fraction of sp³-hybridized carbons (Fsp3) is 1.00. The third kappa shape index (κ3) is 1.97. The van der Waals surface area contributed by atoms with Gasteiger partial charge in [0.05, 0.1) is 6.67 Å². The third-order valence-electron chi connectivity index (χ3n) is 2.91. The lowest BCUT2D eigenvalue weighted by Crippen LogP contribution is -2.31. The van der Waals surface area contributed by atoms with E-state index in [1.807, 2.05) is 0 Å². The van der Waals surface area contributed by atoms with Crippen molar-refractivity contribution in [3.8, 4) is 0 Å². The lowest BCUT2D eigenvalue weighted by molar-refractivity contribution is -0.0111. The Labute approximate surface area is 73.8 Å². The second kappa shape index (κ2) is 4.21. The zero-order valence-corrected chi connectivity index (χ0v) is 7.51. The summed E-state index contributed by atoms with van der Waals surface area (Å²) in [6.07, 6.45) is 8.54. The maximum atomic E-state index is 5.39. The standard InChI is InChI=1S/C9H18N2O/c1-2-4-6-8(5-3-1)9-10-7-11-12-9/h8-11H,1-7H2. The van der Waals surface area contributed by atoms with Crippen molar-refractivity contribution in [3.63, 3.8) is 0 Å². The Morgan fingerprint density at radius 3 is 2.33 bits per heavy atom. The molecule has 0 amide bonds. The van der Waals surface area contributed by atoms with Gasteiger partial charge in [-0.3, -0.25) is 10.2 Å². The Morgan fingerprint density at radius 1 is 1.00 bits per heavy atom. The Balaban J connectivity index is 1.83. The molecule has 1 saturated carbocycles. The van der Waals surface area contributed by atoms with E-state index in [0.717, 1.165) is 12.6 Å². The predicted octanol–water partition coefficient (Wildman–Crippen LogP) is 1.36. The summed E-state index contributed by atoms with van der Waals surface area (Å²) < 4.78 is 0. The van der Waals surface area contributed by atoms with E-state index >= 15 is 0 Å². The van der Waals surface area contributed by atoms with Crippen molar-refractivity contribution in [2.45, 2.75) is 44.8 Å². The van der Waals surface area contributed by atoms with Gasteiger partial charge in [0, 0.05) is 5.92 Å². The minimum Gasteiger partial charge on any atom is -0.281 e. The van der Waals surface area contributed by atoms with Crippen molar-refractivity contribution in [2.24, 2.45) is 5.92 Å². The van der Waals surface area contributed by atoms with Crippen LogP contribution < -0.4 is 10.8 Å². The van der Waals surface area contributed by atoms with Crippen LogP contribution in [0.5, 0.6) is 0 Å². The average Bonchev–Trinajstić information content (AvgIpc) is 2.48. The minimum absolute atomic E-state index is 0.281. The first kappa shape index (κ1) is 8.48. The van der Waals surface area contributed by atoms with Gasteiger partial charge in [0.25, 0.3) is 0 Å². The van der Waals surface area contributed by atoms with E-state index in [0.29, 0.717) is 0 Å². The molecule has 1 atom stereocenters. The zero-order chi connectivity index (χ0) is 8.23. The second-order valence-corrected chi connectivity index (χ2v) is 3.82. The van der Waals surface area contributed by atoms with Gasteiger partial charge >= 0.3 is 0 Å². The molecule has 3 heteroatoms. The molecule has 2 aliphatic rings. The quantitative estimate of drug-likeness (QED) is 0.583. The van der Waals surface area contributed by atoms with Crippen LogP contribution in [0.25, 0.3) is 0 Å². The first-order valence-corrected chi connectivity index (χ1v) is 5.09. The second-order valence-electron chi connectivity index (χ2n) is 3.82. The molecular weight excluding hydrogens is 152 g/mol. The van der Waals surface area contributed by atoms with E-state index in [4.69, 9.17) is 4.84 Å². The third-order valence-corrected chi connectivity index (χ3v) is 2.91. The summed E-state index contributed by atoms with van der Waals surface area (Å²) in [4.78, 5) is 5.39.